The van der Waals surface area contributed by atoms with Crippen LogP contribution in [-0.2, 0) is 16.1 Å². The van der Waals surface area contributed by atoms with Crippen LogP contribution in [-0.4, -0.2) is 23.6 Å². The molecule has 1 amide bonds. The Kier molecular flexibility index (Phi) is 4.38. The minimum atomic E-state index is -0.670. The van der Waals surface area contributed by atoms with Gasteiger partial charge in [0.05, 0.1) is 18.2 Å². The number of aryl methyl sites for hydroxylation is 1. The van der Waals surface area contributed by atoms with Crippen LogP contribution < -0.4 is 11.1 Å². The van der Waals surface area contributed by atoms with Crippen molar-refractivity contribution >= 4 is 28.7 Å². The molecule has 0 saturated heterocycles. The van der Waals surface area contributed by atoms with Crippen LogP contribution in [0.15, 0.2) is 51.7 Å². The zero-order valence-electron chi connectivity index (χ0n) is 13.7. The van der Waals surface area contributed by atoms with Gasteiger partial charge in [-0.15, -0.1) is 0 Å². The van der Waals surface area contributed by atoms with Gasteiger partial charge in [0, 0.05) is 5.69 Å². The summed E-state index contributed by atoms with van der Waals surface area (Å²) in [6, 6.07) is 11.8. The highest BCUT2D eigenvalue weighted by Crippen LogP contribution is 2.16. The number of oxazole rings is 1. The van der Waals surface area contributed by atoms with Gasteiger partial charge in [0.25, 0.3) is 0 Å². The molecule has 0 bridgehead atoms. The van der Waals surface area contributed by atoms with Crippen LogP contribution in [0.5, 0.6) is 0 Å². The van der Waals surface area contributed by atoms with Crippen molar-refractivity contribution in [2.24, 2.45) is 0 Å². The second-order valence-electron chi connectivity index (χ2n) is 5.54. The van der Waals surface area contributed by atoms with E-state index in [4.69, 9.17) is 4.42 Å². The summed E-state index contributed by atoms with van der Waals surface area (Å²) in [5.41, 5.74) is 2.63. The Morgan fingerprint density at radius 3 is 2.56 bits per heavy atom. The molecule has 1 aromatic heterocycles. The number of fused-ring (bicyclic) bond motifs is 1. The Morgan fingerprint density at radius 1 is 1.16 bits per heavy atom. The van der Waals surface area contributed by atoms with E-state index in [2.05, 4.69) is 10.1 Å². The average molecular weight is 340 g/mol. The number of methoxy groups -OCH3 is 1. The number of benzene rings is 2. The summed E-state index contributed by atoms with van der Waals surface area (Å²) in [6.45, 7) is 1.75. The first-order chi connectivity index (χ1) is 12.0. The number of carbonyl (C=O) groups excluding carboxylic acids is 2. The summed E-state index contributed by atoms with van der Waals surface area (Å²) < 4.78 is 11.0. The zero-order valence-corrected chi connectivity index (χ0v) is 13.7. The van der Waals surface area contributed by atoms with Crippen LogP contribution in [0.4, 0.5) is 5.69 Å². The molecule has 0 spiro atoms. The fourth-order valence-corrected chi connectivity index (χ4v) is 2.44. The smallest absolute Gasteiger partial charge is 0.420 e. The molecule has 7 heteroatoms. The van der Waals surface area contributed by atoms with Crippen molar-refractivity contribution in [3.8, 4) is 0 Å². The van der Waals surface area contributed by atoms with Gasteiger partial charge in [0.2, 0.25) is 5.91 Å². The second kappa shape index (κ2) is 6.64. The van der Waals surface area contributed by atoms with Crippen molar-refractivity contribution in [1.29, 1.82) is 0 Å². The summed E-state index contributed by atoms with van der Waals surface area (Å²) in [4.78, 5) is 35.8. The van der Waals surface area contributed by atoms with E-state index in [9.17, 15) is 14.4 Å². The summed E-state index contributed by atoms with van der Waals surface area (Å²) >= 11 is 0. The predicted octanol–water partition coefficient (Wildman–Crippen LogP) is 2.33. The van der Waals surface area contributed by atoms with Gasteiger partial charge in [0.15, 0.2) is 5.58 Å². The number of rotatable bonds is 4. The molecule has 0 unspecified atom stereocenters. The molecule has 0 aliphatic carbocycles. The fraction of sp³-hybridized carbons (Fsp3) is 0.167. The van der Waals surface area contributed by atoms with Crippen molar-refractivity contribution in [3.05, 3.63) is 64.1 Å². The zero-order chi connectivity index (χ0) is 18.0. The lowest BCUT2D eigenvalue weighted by molar-refractivity contribution is -0.116. The number of hydrogen-bond acceptors (Lipinski definition) is 5. The van der Waals surface area contributed by atoms with Crippen LogP contribution in [0.1, 0.15) is 15.9 Å². The maximum atomic E-state index is 12.2. The number of ether oxygens (including phenoxy) is 1. The minimum Gasteiger partial charge on any atom is -0.465 e. The molecule has 0 atom stereocenters. The highest BCUT2D eigenvalue weighted by molar-refractivity contribution is 5.94. The molecule has 7 nitrogen and oxygen atoms in total. The number of aromatic nitrogens is 1. The number of anilines is 1. The van der Waals surface area contributed by atoms with Crippen LogP contribution in [0.3, 0.4) is 0 Å². The van der Waals surface area contributed by atoms with Crippen molar-refractivity contribution in [1.82, 2.24) is 4.57 Å². The van der Waals surface area contributed by atoms with Crippen molar-refractivity contribution < 1.29 is 18.7 Å². The summed E-state index contributed by atoms with van der Waals surface area (Å²) in [7, 11) is 1.27. The van der Waals surface area contributed by atoms with Crippen molar-refractivity contribution in [2.75, 3.05) is 12.4 Å². The van der Waals surface area contributed by atoms with E-state index in [1.165, 1.54) is 23.8 Å². The molecule has 0 fully saturated rings. The molecular formula is C18H16N2O5. The molecule has 1 N–H and O–H groups in total. The van der Waals surface area contributed by atoms with Gasteiger partial charge in [-0.2, -0.15) is 0 Å². The molecule has 3 aromatic rings. The predicted molar refractivity (Wildman–Crippen MR) is 91.6 cm³/mol. The van der Waals surface area contributed by atoms with Gasteiger partial charge in [-0.05, 0) is 37.3 Å². The summed E-state index contributed by atoms with van der Waals surface area (Å²) in [6.07, 6.45) is 0. The molecule has 0 aliphatic heterocycles. The van der Waals surface area contributed by atoms with Crippen LogP contribution in [0.2, 0.25) is 0 Å². The highest BCUT2D eigenvalue weighted by Gasteiger charge is 2.15. The van der Waals surface area contributed by atoms with Gasteiger partial charge in [-0.25, -0.2) is 9.59 Å². The molecule has 1 heterocycles. The highest BCUT2D eigenvalue weighted by atomic mass is 16.5. The summed E-state index contributed by atoms with van der Waals surface area (Å²) in [5, 5.41) is 2.72. The molecule has 0 radical (unpaired) electrons. The molecule has 2 aromatic carbocycles. The summed E-state index contributed by atoms with van der Waals surface area (Å²) in [5.74, 6) is -1.56. The second-order valence-corrected chi connectivity index (χ2v) is 5.54. The van der Waals surface area contributed by atoms with E-state index in [1.807, 2.05) is 19.1 Å². The third-order valence-corrected chi connectivity index (χ3v) is 3.73. The average Bonchev–Trinajstić information content (AvgIpc) is 2.91. The largest absolute Gasteiger partial charge is 0.465 e. The van der Waals surface area contributed by atoms with E-state index in [0.717, 1.165) is 5.56 Å². The van der Waals surface area contributed by atoms with Crippen molar-refractivity contribution in [3.63, 3.8) is 0 Å². The van der Waals surface area contributed by atoms with Gasteiger partial charge < -0.3 is 14.5 Å². The van der Waals surface area contributed by atoms with E-state index < -0.39 is 11.7 Å². The topological polar surface area (TPSA) is 90.5 Å². The lowest BCUT2D eigenvalue weighted by atomic mass is 10.2. The Balaban J connectivity index is 1.84. The lowest BCUT2D eigenvalue weighted by Gasteiger charge is -2.06. The number of nitrogens with one attached hydrogen (secondary N) is 1. The molecule has 3 rings (SSSR count). The van der Waals surface area contributed by atoms with Crippen LogP contribution in [0.25, 0.3) is 11.1 Å². The molecule has 0 aliphatic rings. The Bertz CT molecular complexity index is 998. The maximum Gasteiger partial charge on any atom is 0.420 e. The standard InChI is InChI=1S/C18H16N2O5/c1-11-3-6-13(7-4-11)19-16(21)10-20-14-8-5-12(17(22)24-2)9-15(14)25-18(20)23/h3-9H,10H2,1-2H3,(H,19,21). The minimum absolute atomic E-state index is 0.197. The SMILES string of the molecule is COC(=O)c1ccc2c(c1)oc(=O)n2CC(=O)Nc1ccc(C)cc1. The van der Waals surface area contributed by atoms with Gasteiger partial charge in [-0.3, -0.25) is 9.36 Å². The normalized spacial score (nSPS) is 10.6. The fourth-order valence-electron chi connectivity index (χ4n) is 2.44. The van der Waals surface area contributed by atoms with E-state index >= 15 is 0 Å². The van der Waals surface area contributed by atoms with Crippen LogP contribution >= 0.6 is 0 Å². The number of carbonyl (C=O) groups is 2. The molecule has 0 saturated carbocycles. The monoisotopic (exact) mass is 340 g/mol. The lowest BCUT2D eigenvalue weighted by Crippen LogP contribution is -2.24. The first kappa shape index (κ1) is 16.5. The number of nitrogens with zero attached hydrogens (tertiary/aromatic N) is 1. The van der Waals surface area contributed by atoms with Gasteiger partial charge in [0.1, 0.15) is 6.54 Å². The molecule has 128 valence electrons. The number of hydrogen-bond donors (Lipinski definition) is 1. The van der Waals surface area contributed by atoms with Crippen molar-refractivity contribution in [2.45, 2.75) is 13.5 Å². The van der Waals surface area contributed by atoms with E-state index in [1.54, 1.807) is 18.2 Å². The molecule has 25 heavy (non-hydrogen) atoms. The number of esters is 1. The first-order valence-corrected chi connectivity index (χ1v) is 7.56. The Hall–Kier alpha value is -3.35. The van der Waals surface area contributed by atoms with Crippen LogP contribution in [0, 0.1) is 6.92 Å². The van der Waals surface area contributed by atoms with E-state index in [-0.39, 0.29) is 23.6 Å². The Labute approximate surface area is 142 Å². The third kappa shape index (κ3) is 3.45. The third-order valence-electron chi connectivity index (χ3n) is 3.73. The van der Waals surface area contributed by atoms with Gasteiger partial charge in [-0.1, -0.05) is 17.7 Å². The maximum absolute atomic E-state index is 12.2. The van der Waals surface area contributed by atoms with E-state index in [0.29, 0.717) is 11.2 Å². The van der Waals surface area contributed by atoms with Gasteiger partial charge >= 0.3 is 11.7 Å². The molecular weight excluding hydrogens is 324 g/mol. The number of amides is 1. The quantitative estimate of drug-likeness (QED) is 0.736. The Morgan fingerprint density at radius 2 is 1.88 bits per heavy atom. The first-order valence-electron chi connectivity index (χ1n) is 7.56.